The number of rotatable bonds is 5. The molecule has 0 unspecified atom stereocenters. The molecule has 0 spiro atoms. The van der Waals surface area contributed by atoms with Crippen molar-refractivity contribution in [3.05, 3.63) is 29.6 Å². The van der Waals surface area contributed by atoms with Crippen LogP contribution in [-0.2, 0) is 18.3 Å². The van der Waals surface area contributed by atoms with Crippen LogP contribution in [0, 0.1) is 6.92 Å². The first-order chi connectivity index (χ1) is 9.11. The highest BCUT2D eigenvalue weighted by atomic mass is 16.2. The third-order valence-corrected chi connectivity index (χ3v) is 3.45. The molecule has 1 heterocycles. The van der Waals surface area contributed by atoms with Gasteiger partial charge in [-0.1, -0.05) is 6.07 Å². The summed E-state index contributed by atoms with van der Waals surface area (Å²) in [6.07, 6.45) is 3.28. The maximum absolute atomic E-state index is 11.0. The number of nitrogens with one attached hydrogen (secondary N) is 1. The summed E-state index contributed by atoms with van der Waals surface area (Å²) in [6.45, 7) is 2.01. The van der Waals surface area contributed by atoms with Crippen molar-refractivity contribution in [2.45, 2.75) is 32.6 Å². The number of carbonyl (C=O) groups is 1. The Morgan fingerprint density at radius 1 is 1.42 bits per heavy atom. The molecule has 1 amide bonds. The molecule has 19 heavy (non-hydrogen) atoms. The minimum absolute atomic E-state index is 0.101. The molecule has 0 aliphatic heterocycles. The van der Waals surface area contributed by atoms with Crippen molar-refractivity contribution in [2.75, 3.05) is 0 Å². The van der Waals surface area contributed by atoms with Gasteiger partial charge >= 0.3 is 0 Å². The summed E-state index contributed by atoms with van der Waals surface area (Å²) in [5.41, 5.74) is 5.60. The lowest BCUT2D eigenvalue weighted by Gasteiger charge is -2.02. The molecule has 5 heteroatoms. The molecule has 3 N–H and O–H groups in total. The molecular weight excluding hydrogens is 240 g/mol. The fraction of sp³-hybridized carbons (Fsp3) is 0.429. The minimum Gasteiger partial charge on any atom is -0.331 e. The SMILES string of the molecule is Cc1nc2cc(CCCCC(=O)NN)ccc2n1C. The zero-order valence-corrected chi connectivity index (χ0v) is 11.4. The number of benzene rings is 1. The molecule has 2 rings (SSSR count). The number of hydrogen-bond donors (Lipinski definition) is 2. The fourth-order valence-electron chi connectivity index (χ4n) is 2.21. The normalized spacial score (nSPS) is 10.9. The van der Waals surface area contributed by atoms with Crippen LogP contribution in [0.5, 0.6) is 0 Å². The lowest BCUT2D eigenvalue weighted by molar-refractivity contribution is -0.121. The number of nitrogens with two attached hydrogens (primary N) is 1. The second kappa shape index (κ2) is 5.84. The fourth-order valence-corrected chi connectivity index (χ4v) is 2.21. The van der Waals surface area contributed by atoms with E-state index >= 15 is 0 Å². The number of nitrogens with zero attached hydrogens (tertiary/aromatic N) is 2. The Morgan fingerprint density at radius 3 is 2.95 bits per heavy atom. The van der Waals surface area contributed by atoms with Gasteiger partial charge in [-0.3, -0.25) is 10.2 Å². The maximum atomic E-state index is 11.0. The number of imidazole rings is 1. The highest BCUT2D eigenvalue weighted by molar-refractivity contribution is 5.77. The Balaban J connectivity index is 1.96. The van der Waals surface area contributed by atoms with Gasteiger partial charge in [0.15, 0.2) is 0 Å². The third kappa shape index (κ3) is 3.12. The zero-order valence-electron chi connectivity index (χ0n) is 11.4. The second-order valence-corrected chi connectivity index (χ2v) is 4.82. The van der Waals surface area contributed by atoms with E-state index in [4.69, 9.17) is 5.84 Å². The quantitative estimate of drug-likeness (QED) is 0.371. The van der Waals surface area contributed by atoms with Crippen molar-refractivity contribution in [3.8, 4) is 0 Å². The van der Waals surface area contributed by atoms with E-state index in [1.54, 1.807) is 0 Å². The van der Waals surface area contributed by atoms with E-state index in [0.717, 1.165) is 36.1 Å². The van der Waals surface area contributed by atoms with Crippen molar-refractivity contribution in [2.24, 2.45) is 12.9 Å². The molecular formula is C14H20N4O. The molecule has 0 aliphatic rings. The topological polar surface area (TPSA) is 72.9 Å². The molecule has 0 atom stereocenters. The van der Waals surface area contributed by atoms with E-state index in [0.29, 0.717) is 6.42 Å². The Bertz CT molecular complexity index is 588. The lowest BCUT2D eigenvalue weighted by Crippen LogP contribution is -2.29. The smallest absolute Gasteiger partial charge is 0.233 e. The average Bonchev–Trinajstić information content (AvgIpc) is 2.69. The van der Waals surface area contributed by atoms with E-state index < -0.39 is 0 Å². The van der Waals surface area contributed by atoms with E-state index in [1.807, 2.05) is 14.0 Å². The Labute approximate surface area is 112 Å². The molecule has 5 nitrogen and oxygen atoms in total. The monoisotopic (exact) mass is 260 g/mol. The molecule has 0 bridgehead atoms. The summed E-state index contributed by atoms with van der Waals surface area (Å²) >= 11 is 0. The predicted octanol–water partition coefficient (Wildman–Crippen LogP) is 1.58. The summed E-state index contributed by atoms with van der Waals surface area (Å²) in [4.78, 5) is 15.5. The second-order valence-electron chi connectivity index (χ2n) is 4.82. The van der Waals surface area contributed by atoms with Gasteiger partial charge in [0.1, 0.15) is 5.82 Å². The molecule has 1 aromatic heterocycles. The van der Waals surface area contributed by atoms with Crippen LogP contribution in [0.3, 0.4) is 0 Å². The number of hydrazine groups is 1. The highest BCUT2D eigenvalue weighted by Gasteiger charge is 2.05. The van der Waals surface area contributed by atoms with Crippen LogP contribution in [0.15, 0.2) is 18.2 Å². The van der Waals surface area contributed by atoms with E-state index in [9.17, 15) is 4.79 Å². The first kappa shape index (κ1) is 13.5. The van der Waals surface area contributed by atoms with Crippen LogP contribution in [0.4, 0.5) is 0 Å². The minimum atomic E-state index is -0.101. The van der Waals surface area contributed by atoms with Crippen molar-refractivity contribution in [1.29, 1.82) is 0 Å². The highest BCUT2D eigenvalue weighted by Crippen LogP contribution is 2.17. The summed E-state index contributed by atoms with van der Waals surface area (Å²) in [5.74, 6) is 5.95. The van der Waals surface area contributed by atoms with Gasteiger partial charge in [-0.15, -0.1) is 0 Å². The molecule has 0 saturated heterocycles. The summed E-state index contributed by atoms with van der Waals surface area (Å²) in [7, 11) is 2.02. The number of amides is 1. The van der Waals surface area contributed by atoms with Gasteiger partial charge in [0.25, 0.3) is 0 Å². The molecule has 2 aromatic rings. The first-order valence-electron chi connectivity index (χ1n) is 6.53. The first-order valence-corrected chi connectivity index (χ1v) is 6.53. The molecule has 1 aromatic carbocycles. The summed E-state index contributed by atoms with van der Waals surface area (Å²) in [5, 5.41) is 0. The van der Waals surface area contributed by atoms with E-state index in [-0.39, 0.29) is 5.91 Å². The Hall–Kier alpha value is -1.88. The number of aryl methyl sites for hydroxylation is 3. The predicted molar refractivity (Wildman–Crippen MR) is 75.3 cm³/mol. The summed E-state index contributed by atoms with van der Waals surface area (Å²) < 4.78 is 2.09. The molecule has 102 valence electrons. The number of carbonyl (C=O) groups excluding carboxylic acids is 1. The van der Waals surface area contributed by atoms with Gasteiger partial charge in [-0.2, -0.15) is 0 Å². The number of hydrogen-bond acceptors (Lipinski definition) is 3. The van der Waals surface area contributed by atoms with Crippen molar-refractivity contribution < 1.29 is 4.79 Å². The van der Waals surface area contributed by atoms with Gasteiger partial charge in [-0.25, -0.2) is 10.8 Å². The Kier molecular flexibility index (Phi) is 4.16. The zero-order chi connectivity index (χ0) is 13.8. The van der Waals surface area contributed by atoms with E-state index in [1.165, 1.54) is 5.56 Å². The van der Waals surface area contributed by atoms with Gasteiger partial charge in [-0.05, 0) is 43.9 Å². The Morgan fingerprint density at radius 2 is 2.21 bits per heavy atom. The van der Waals surface area contributed by atoms with Crippen LogP contribution in [0.25, 0.3) is 11.0 Å². The summed E-state index contributed by atoms with van der Waals surface area (Å²) in [6, 6.07) is 6.37. The molecule has 0 radical (unpaired) electrons. The van der Waals surface area contributed by atoms with Crippen LogP contribution in [0.2, 0.25) is 0 Å². The molecule has 0 aliphatic carbocycles. The van der Waals surface area contributed by atoms with Crippen LogP contribution in [0.1, 0.15) is 30.7 Å². The third-order valence-electron chi connectivity index (χ3n) is 3.45. The average molecular weight is 260 g/mol. The van der Waals surface area contributed by atoms with Gasteiger partial charge in [0.05, 0.1) is 11.0 Å². The standard InChI is InChI=1S/C14H20N4O/c1-10-16-12-9-11(7-8-13(12)18(10)2)5-3-4-6-14(19)17-15/h7-9H,3-6,15H2,1-2H3,(H,17,19). The van der Waals surface area contributed by atoms with Crippen molar-refractivity contribution in [3.63, 3.8) is 0 Å². The number of unbranched alkanes of at least 4 members (excludes halogenated alkanes) is 1. The van der Waals surface area contributed by atoms with Gasteiger partial charge in [0, 0.05) is 13.5 Å². The maximum Gasteiger partial charge on any atom is 0.233 e. The lowest BCUT2D eigenvalue weighted by atomic mass is 10.1. The van der Waals surface area contributed by atoms with Gasteiger partial charge in [0.2, 0.25) is 5.91 Å². The number of fused-ring (bicyclic) bond motifs is 1. The van der Waals surface area contributed by atoms with Gasteiger partial charge < -0.3 is 4.57 Å². The van der Waals surface area contributed by atoms with E-state index in [2.05, 4.69) is 33.2 Å². The molecule has 0 saturated carbocycles. The van der Waals surface area contributed by atoms with Crippen LogP contribution in [-0.4, -0.2) is 15.5 Å². The van der Waals surface area contributed by atoms with Crippen LogP contribution >= 0.6 is 0 Å². The number of aromatic nitrogens is 2. The van der Waals surface area contributed by atoms with Crippen molar-refractivity contribution >= 4 is 16.9 Å². The van der Waals surface area contributed by atoms with Crippen LogP contribution < -0.4 is 11.3 Å². The van der Waals surface area contributed by atoms with Crippen molar-refractivity contribution in [1.82, 2.24) is 15.0 Å². The molecule has 0 fully saturated rings. The largest absolute Gasteiger partial charge is 0.331 e.